The van der Waals surface area contributed by atoms with Crippen molar-refractivity contribution in [2.75, 3.05) is 38.2 Å². The van der Waals surface area contributed by atoms with Gasteiger partial charge in [0.2, 0.25) is 5.69 Å². The van der Waals surface area contributed by atoms with Crippen molar-refractivity contribution in [3.63, 3.8) is 0 Å². The number of aromatic nitrogens is 2. The molecule has 180 valence electrons. The fraction of sp³-hybridized carbons (Fsp3) is 0.346. The zero-order chi connectivity index (χ0) is 24.7. The highest BCUT2D eigenvalue weighted by Crippen LogP contribution is 2.39. The Hall–Kier alpha value is -3.77. The number of methoxy groups -OCH3 is 1. The highest BCUT2D eigenvalue weighted by molar-refractivity contribution is 5.66. The van der Waals surface area contributed by atoms with Crippen LogP contribution in [0.4, 0.5) is 20.3 Å². The lowest BCUT2D eigenvalue weighted by Crippen LogP contribution is -2.33. The number of benzene rings is 2. The van der Waals surface area contributed by atoms with E-state index >= 15 is 0 Å². The van der Waals surface area contributed by atoms with Gasteiger partial charge in [0.15, 0.2) is 11.6 Å². The minimum atomic E-state index is -0.710. The van der Waals surface area contributed by atoms with E-state index in [0.717, 1.165) is 39.0 Å². The molecule has 1 spiro atoms. The quantitative estimate of drug-likeness (QED) is 0.570. The van der Waals surface area contributed by atoms with Gasteiger partial charge in [-0.15, -0.1) is 0 Å². The van der Waals surface area contributed by atoms with Gasteiger partial charge in [-0.3, -0.25) is 9.36 Å². The first-order valence-electron chi connectivity index (χ1n) is 11.5. The number of hydrogen-bond donors (Lipinski definition) is 1. The van der Waals surface area contributed by atoms with Crippen LogP contribution in [0.3, 0.4) is 0 Å². The highest BCUT2D eigenvalue weighted by Gasteiger charge is 2.41. The van der Waals surface area contributed by atoms with Crippen molar-refractivity contribution in [2.45, 2.75) is 19.8 Å². The molecular formula is C26H25F2N5O2. The summed E-state index contributed by atoms with van der Waals surface area (Å²) in [5, 5.41) is 3.43. The second-order valence-electron chi connectivity index (χ2n) is 9.22. The predicted molar refractivity (Wildman–Crippen MR) is 129 cm³/mol. The van der Waals surface area contributed by atoms with Gasteiger partial charge in [-0.05, 0) is 44.5 Å². The Labute approximate surface area is 201 Å². The molecule has 0 bridgehead atoms. The lowest BCUT2D eigenvalue weighted by Gasteiger charge is -2.25. The van der Waals surface area contributed by atoms with Gasteiger partial charge in [0, 0.05) is 36.7 Å². The van der Waals surface area contributed by atoms with E-state index in [1.54, 1.807) is 19.1 Å². The molecule has 2 saturated heterocycles. The number of ether oxygens (including phenoxy) is 1. The summed E-state index contributed by atoms with van der Waals surface area (Å²) < 4.78 is 35.5. The standard InChI is InChI=1S/C26H25F2N5O2/c1-16-23(32-11-9-26(15-32)8-10-30-14-26)31-24(17-4-6-21(29-2)19(27)12-17)33(25(16)34)18-5-7-22(35-3)20(28)13-18/h4-7,12-13,30H,8-11,14-15H2,1,3H3. The topological polar surface area (TPSA) is 63.8 Å². The number of rotatable bonds is 4. The summed E-state index contributed by atoms with van der Waals surface area (Å²) >= 11 is 0. The third kappa shape index (κ3) is 3.94. The van der Waals surface area contributed by atoms with E-state index in [1.807, 2.05) is 0 Å². The molecule has 9 heteroatoms. The summed E-state index contributed by atoms with van der Waals surface area (Å²) in [5.74, 6) is -0.563. The van der Waals surface area contributed by atoms with Gasteiger partial charge < -0.3 is 15.0 Å². The van der Waals surface area contributed by atoms with Gasteiger partial charge >= 0.3 is 0 Å². The molecule has 0 amide bonds. The monoisotopic (exact) mass is 477 g/mol. The van der Waals surface area contributed by atoms with Crippen LogP contribution in [0.1, 0.15) is 18.4 Å². The van der Waals surface area contributed by atoms with Gasteiger partial charge in [0.1, 0.15) is 17.5 Å². The van der Waals surface area contributed by atoms with E-state index in [1.165, 1.54) is 35.9 Å². The third-order valence-corrected chi connectivity index (χ3v) is 7.07. The summed E-state index contributed by atoms with van der Waals surface area (Å²) in [6, 6.07) is 8.30. The van der Waals surface area contributed by atoms with E-state index in [0.29, 0.717) is 16.9 Å². The van der Waals surface area contributed by atoms with Crippen molar-refractivity contribution >= 4 is 11.5 Å². The van der Waals surface area contributed by atoms with E-state index in [-0.39, 0.29) is 33.9 Å². The van der Waals surface area contributed by atoms with Gasteiger partial charge in [-0.25, -0.2) is 18.6 Å². The molecule has 2 fully saturated rings. The average molecular weight is 478 g/mol. The maximum absolute atomic E-state index is 14.6. The third-order valence-electron chi connectivity index (χ3n) is 7.07. The maximum Gasteiger partial charge on any atom is 0.263 e. The van der Waals surface area contributed by atoms with Crippen molar-refractivity contribution in [1.29, 1.82) is 0 Å². The van der Waals surface area contributed by atoms with Gasteiger partial charge in [-0.2, -0.15) is 0 Å². The SMILES string of the molecule is [C-]#[N+]c1ccc(-c2nc(N3CCC4(CCNC4)C3)c(C)c(=O)n2-c2ccc(OC)c(F)c2)cc1F. The highest BCUT2D eigenvalue weighted by atomic mass is 19.1. The molecule has 3 heterocycles. The summed E-state index contributed by atoms with van der Waals surface area (Å²) in [6.45, 7) is 12.3. The van der Waals surface area contributed by atoms with Crippen LogP contribution in [0, 0.1) is 30.5 Å². The molecule has 2 aliphatic rings. The molecule has 7 nitrogen and oxygen atoms in total. The second-order valence-corrected chi connectivity index (χ2v) is 9.22. The van der Waals surface area contributed by atoms with Crippen molar-refractivity contribution < 1.29 is 13.5 Å². The van der Waals surface area contributed by atoms with Crippen LogP contribution in [-0.4, -0.2) is 42.8 Å². The van der Waals surface area contributed by atoms with Crippen molar-refractivity contribution in [3.05, 3.63) is 75.4 Å². The normalized spacial score (nSPS) is 19.3. The molecule has 35 heavy (non-hydrogen) atoms. The maximum atomic E-state index is 14.6. The Morgan fingerprint density at radius 2 is 2.00 bits per heavy atom. The fourth-order valence-electron chi connectivity index (χ4n) is 5.13. The summed E-state index contributed by atoms with van der Waals surface area (Å²) in [6.07, 6.45) is 2.07. The second kappa shape index (κ2) is 8.78. The van der Waals surface area contributed by atoms with Crippen molar-refractivity contribution in [3.8, 4) is 22.8 Å². The van der Waals surface area contributed by atoms with E-state index in [4.69, 9.17) is 16.3 Å². The van der Waals surface area contributed by atoms with Crippen molar-refractivity contribution in [2.24, 2.45) is 5.41 Å². The van der Waals surface area contributed by atoms with Crippen LogP contribution < -0.4 is 20.5 Å². The first-order chi connectivity index (χ1) is 16.9. The largest absolute Gasteiger partial charge is 0.494 e. The van der Waals surface area contributed by atoms with Crippen LogP contribution in [0.2, 0.25) is 0 Å². The van der Waals surface area contributed by atoms with Crippen LogP contribution in [0.25, 0.3) is 21.9 Å². The Bertz CT molecular complexity index is 1410. The fourth-order valence-corrected chi connectivity index (χ4v) is 5.13. The predicted octanol–water partition coefficient (Wildman–Crippen LogP) is 4.24. The average Bonchev–Trinajstić information content (AvgIpc) is 3.50. The van der Waals surface area contributed by atoms with E-state index in [9.17, 15) is 13.6 Å². The zero-order valence-electron chi connectivity index (χ0n) is 19.6. The molecule has 1 aromatic heterocycles. The van der Waals surface area contributed by atoms with Crippen LogP contribution in [0.5, 0.6) is 5.75 Å². The number of hydrogen-bond acceptors (Lipinski definition) is 5. The first-order valence-corrected chi connectivity index (χ1v) is 11.5. The van der Waals surface area contributed by atoms with Gasteiger partial charge in [0.25, 0.3) is 5.56 Å². The molecule has 0 saturated carbocycles. The van der Waals surface area contributed by atoms with E-state index < -0.39 is 11.6 Å². The van der Waals surface area contributed by atoms with Gasteiger partial charge in [-0.1, -0.05) is 12.1 Å². The Kier molecular flexibility index (Phi) is 5.77. The first kappa shape index (κ1) is 23.0. The molecule has 2 aliphatic heterocycles. The lowest BCUT2D eigenvalue weighted by molar-refractivity contribution is 0.369. The number of nitrogens with one attached hydrogen (secondary N) is 1. The number of nitrogens with zero attached hydrogens (tertiary/aromatic N) is 4. The minimum Gasteiger partial charge on any atom is -0.494 e. The molecule has 1 unspecified atom stereocenters. The molecule has 1 N–H and O–H groups in total. The van der Waals surface area contributed by atoms with Crippen molar-refractivity contribution in [1.82, 2.24) is 14.9 Å². The summed E-state index contributed by atoms with van der Waals surface area (Å²) in [4.78, 5) is 23.9. The zero-order valence-corrected chi connectivity index (χ0v) is 19.6. The molecule has 1 atom stereocenters. The van der Waals surface area contributed by atoms with Gasteiger partial charge in [0.05, 0.1) is 24.9 Å². The van der Waals surface area contributed by atoms with Crippen LogP contribution >= 0.6 is 0 Å². The molecule has 5 rings (SSSR count). The molecular weight excluding hydrogens is 452 g/mol. The number of halogens is 2. The smallest absolute Gasteiger partial charge is 0.263 e. The molecule has 0 radical (unpaired) electrons. The summed E-state index contributed by atoms with van der Waals surface area (Å²) in [5.41, 5.74) is 0.673. The molecule has 0 aliphatic carbocycles. The lowest BCUT2D eigenvalue weighted by atomic mass is 9.87. The number of anilines is 1. The summed E-state index contributed by atoms with van der Waals surface area (Å²) in [7, 11) is 1.36. The van der Waals surface area contributed by atoms with E-state index in [2.05, 4.69) is 15.1 Å². The Balaban J connectivity index is 1.70. The van der Waals surface area contributed by atoms with Crippen LogP contribution in [0.15, 0.2) is 41.2 Å². The minimum absolute atomic E-state index is 0.0460. The Morgan fingerprint density at radius 3 is 2.66 bits per heavy atom. The molecule has 3 aromatic rings. The molecule has 2 aromatic carbocycles. The van der Waals surface area contributed by atoms with Crippen LogP contribution in [-0.2, 0) is 0 Å². The Morgan fingerprint density at radius 1 is 1.17 bits per heavy atom.